The molecule has 0 aliphatic carbocycles. The van der Waals surface area contributed by atoms with Crippen LogP contribution in [0.25, 0.3) is 22.2 Å². The van der Waals surface area contributed by atoms with Crippen molar-refractivity contribution in [2.24, 2.45) is 10.1 Å². The van der Waals surface area contributed by atoms with E-state index in [1.165, 1.54) is 18.3 Å². The molecule has 0 saturated carbocycles. The zero-order chi connectivity index (χ0) is 26.6. The normalized spacial score (nSPS) is 11.5. The number of rotatable bonds is 5. The molecule has 0 spiro atoms. The van der Waals surface area contributed by atoms with Crippen molar-refractivity contribution in [3.63, 3.8) is 0 Å². The molecule has 0 atom stereocenters. The lowest BCUT2D eigenvalue weighted by molar-refractivity contribution is 0.477. The minimum atomic E-state index is -0.791. The number of imidazole rings is 1. The molecular weight excluding hydrogens is 478 g/mol. The van der Waals surface area contributed by atoms with E-state index in [0.717, 1.165) is 21.3 Å². The smallest absolute Gasteiger partial charge is 0.291 e. The maximum atomic E-state index is 13.7. The Hall–Kier alpha value is -5.80. The van der Waals surface area contributed by atoms with Crippen molar-refractivity contribution in [3.05, 3.63) is 112 Å². The topological polar surface area (TPSA) is 143 Å². The van der Waals surface area contributed by atoms with Crippen LogP contribution in [-0.4, -0.2) is 31.7 Å². The van der Waals surface area contributed by atoms with E-state index in [1.54, 1.807) is 19.1 Å². The van der Waals surface area contributed by atoms with E-state index in [0.29, 0.717) is 11.5 Å². The number of phenols is 1. The highest BCUT2D eigenvalue weighted by Gasteiger charge is 2.25. The molecule has 5 aromatic rings. The number of pyridine rings is 1. The number of aliphatic imine (C=N–C) groups is 1. The summed E-state index contributed by atoms with van der Waals surface area (Å²) in [6, 6.07) is 26.7. The molecule has 0 radical (unpaired) electrons. The quantitative estimate of drug-likeness (QED) is 0.333. The standard InChI is InChI=1S/C29H19N7O2/c1-18(27-33-23-12-6-7-13-24(23)34-27)35-36-28(32-17-19-9-3-2-4-10-19)21(15-30)26(22(16-31)29(36)38)20-11-5-8-14-25(20)37/h2-14,17,37H,1H3,(H,33,34)/b32-17+,35-18+. The number of H-pyrrole nitrogens is 1. The Morgan fingerprint density at radius 3 is 2.37 bits per heavy atom. The number of hydrogen-bond donors (Lipinski definition) is 2. The van der Waals surface area contributed by atoms with Crippen molar-refractivity contribution >= 4 is 28.8 Å². The number of hydrogen-bond acceptors (Lipinski definition) is 7. The van der Waals surface area contributed by atoms with Gasteiger partial charge in [0.15, 0.2) is 11.6 Å². The molecule has 3 aromatic carbocycles. The van der Waals surface area contributed by atoms with E-state index in [1.807, 2.05) is 60.7 Å². The number of aromatic hydroxyl groups is 1. The van der Waals surface area contributed by atoms with Crippen LogP contribution in [0.3, 0.4) is 0 Å². The third-order valence-corrected chi connectivity index (χ3v) is 5.85. The van der Waals surface area contributed by atoms with Crippen molar-refractivity contribution in [1.29, 1.82) is 10.5 Å². The molecule has 0 unspecified atom stereocenters. The second-order valence-corrected chi connectivity index (χ2v) is 8.26. The van der Waals surface area contributed by atoms with Gasteiger partial charge in [-0.25, -0.2) is 9.98 Å². The Bertz CT molecular complexity index is 1850. The second-order valence-electron chi connectivity index (χ2n) is 8.26. The molecule has 0 bridgehead atoms. The number of phenolic OH excluding ortho intramolecular Hbond substituents is 1. The average molecular weight is 498 g/mol. The third-order valence-electron chi connectivity index (χ3n) is 5.85. The fraction of sp³-hybridized carbons (Fsp3) is 0.0345. The molecule has 9 nitrogen and oxygen atoms in total. The fourth-order valence-corrected chi connectivity index (χ4v) is 4.02. The van der Waals surface area contributed by atoms with Gasteiger partial charge >= 0.3 is 0 Å². The van der Waals surface area contributed by atoms with Crippen LogP contribution in [0, 0.1) is 22.7 Å². The van der Waals surface area contributed by atoms with E-state index in [-0.39, 0.29) is 33.8 Å². The van der Waals surface area contributed by atoms with E-state index in [2.05, 4.69) is 26.1 Å². The molecule has 182 valence electrons. The van der Waals surface area contributed by atoms with Crippen LogP contribution >= 0.6 is 0 Å². The summed E-state index contributed by atoms with van der Waals surface area (Å²) in [5, 5.41) is 35.2. The molecule has 0 aliphatic heterocycles. The van der Waals surface area contributed by atoms with E-state index >= 15 is 0 Å². The summed E-state index contributed by atoms with van der Waals surface area (Å²) < 4.78 is 0.933. The number of nitriles is 2. The van der Waals surface area contributed by atoms with Gasteiger partial charge in [0, 0.05) is 17.3 Å². The Kier molecular flexibility index (Phi) is 6.33. The van der Waals surface area contributed by atoms with E-state index in [4.69, 9.17) is 0 Å². The van der Waals surface area contributed by atoms with Crippen LogP contribution in [0.2, 0.25) is 0 Å². The summed E-state index contributed by atoms with van der Waals surface area (Å²) >= 11 is 0. The highest BCUT2D eigenvalue weighted by atomic mass is 16.3. The molecule has 0 saturated heterocycles. The lowest BCUT2D eigenvalue weighted by Crippen LogP contribution is -2.23. The van der Waals surface area contributed by atoms with Gasteiger partial charge in [0.2, 0.25) is 0 Å². The van der Waals surface area contributed by atoms with Gasteiger partial charge in [0.25, 0.3) is 5.56 Å². The first-order valence-electron chi connectivity index (χ1n) is 11.5. The molecule has 9 heteroatoms. The van der Waals surface area contributed by atoms with Crippen molar-refractivity contribution in [2.75, 3.05) is 0 Å². The van der Waals surface area contributed by atoms with Gasteiger partial charge in [-0.15, -0.1) is 0 Å². The van der Waals surface area contributed by atoms with Gasteiger partial charge in [-0.1, -0.05) is 60.7 Å². The number of aromatic nitrogens is 3. The van der Waals surface area contributed by atoms with Crippen molar-refractivity contribution in [2.45, 2.75) is 6.92 Å². The highest BCUT2D eigenvalue weighted by Crippen LogP contribution is 2.36. The summed E-state index contributed by atoms with van der Waals surface area (Å²) in [6.07, 6.45) is 1.50. The maximum Gasteiger partial charge on any atom is 0.291 e. The predicted octanol–water partition coefficient (Wildman–Crippen LogP) is 4.86. The number of para-hydroxylation sites is 3. The Morgan fingerprint density at radius 1 is 0.974 bits per heavy atom. The molecule has 0 fully saturated rings. The number of aromatic amines is 1. The van der Waals surface area contributed by atoms with Crippen molar-refractivity contribution in [3.8, 4) is 29.0 Å². The summed E-state index contributed by atoms with van der Waals surface area (Å²) in [4.78, 5) is 25.8. The van der Waals surface area contributed by atoms with Crippen molar-refractivity contribution in [1.82, 2.24) is 14.6 Å². The van der Waals surface area contributed by atoms with Gasteiger partial charge in [-0.2, -0.15) is 20.3 Å². The van der Waals surface area contributed by atoms with E-state index < -0.39 is 5.56 Å². The Labute approximate surface area is 216 Å². The molecule has 5 rings (SSSR count). The van der Waals surface area contributed by atoms with Gasteiger partial charge < -0.3 is 10.1 Å². The van der Waals surface area contributed by atoms with Crippen LogP contribution < -0.4 is 5.56 Å². The summed E-state index contributed by atoms with van der Waals surface area (Å²) in [7, 11) is 0. The van der Waals surface area contributed by atoms with Gasteiger partial charge in [0.1, 0.15) is 34.7 Å². The minimum Gasteiger partial charge on any atom is -0.507 e. The first kappa shape index (κ1) is 23.9. The fourth-order valence-electron chi connectivity index (χ4n) is 4.02. The molecular formula is C29H19N7O2. The van der Waals surface area contributed by atoms with Gasteiger partial charge in [-0.05, 0) is 30.7 Å². The van der Waals surface area contributed by atoms with Gasteiger partial charge in [-0.3, -0.25) is 4.79 Å². The first-order chi connectivity index (χ1) is 18.5. The summed E-state index contributed by atoms with van der Waals surface area (Å²) in [6.45, 7) is 1.66. The lowest BCUT2D eigenvalue weighted by Gasteiger charge is -2.14. The third kappa shape index (κ3) is 4.32. The number of nitrogens with one attached hydrogen (secondary N) is 1. The monoisotopic (exact) mass is 497 g/mol. The Morgan fingerprint density at radius 2 is 1.66 bits per heavy atom. The second kappa shape index (κ2) is 10.1. The minimum absolute atomic E-state index is 0.00819. The SMILES string of the molecule is C/C(=N\n1c(/N=C/c2ccccc2)c(C#N)c(-c2ccccc2O)c(C#N)c1=O)c1nc2ccccc2[nH]1. The summed E-state index contributed by atoms with van der Waals surface area (Å²) in [5.41, 5.74) is 1.50. The number of fused-ring (bicyclic) bond motifs is 1. The average Bonchev–Trinajstić information content (AvgIpc) is 3.38. The summed E-state index contributed by atoms with van der Waals surface area (Å²) in [5.74, 6) is 0.143. The molecule has 2 heterocycles. The molecule has 0 amide bonds. The van der Waals surface area contributed by atoms with Crippen LogP contribution in [0.5, 0.6) is 5.75 Å². The van der Waals surface area contributed by atoms with Crippen LogP contribution in [0.15, 0.2) is 93.8 Å². The molecule has 0 aliphatic rings. The molecule has 2 N–H and O–H groups in total. The van der Waals surface area contributed by atoms with Gasteiger partial charge in [0.05, 0.1) is 11.0 Å². The molecule has 2 aromatic heterocycles. The first-order valence-corrected chi connectivity index (χ1v) is 11.5. The number of nitrogens with zero attached hydrogens (tertiary/aromatic N) is 6. The van der Waals surface area contributed by atoms with Crippen LogP contribution in [0.1, 0.15) is 29.4 Å². The van der Waals surface area contributed by atoms with Crippen molar-refractivity contribution < 1.29 is 5.11 Å². The Balaban J connectivity index is 1.81. The number of benzene rings is 3. The van der Waals surface area contributed by atoms with Crippen LogP contribution in [-0.2, 0) is 0 Å². The zero-order valence-electron chi connectivity index (χ0n) is 20.1. The lowest BCUT2D eigenvalue weighted by atomic mass is 9.96. The van der Waals surface area contributed by atoms with Crippen LogP contribution in [0.4, 0.5) is 5.82 Å². The molecule has 38 heavy (non-hydrogen) atoms. The highest BCUT2D eigenvalue weighted by molar-refractivity contribution is 5.98. The predicted molar refractivity (Wildman–Crippen MR) is 145 cm³/mol. The zero-order valence-corrected chi connectivity index (χ0v) is 20.1. The largest absolute Gasteiger partial charge is 0.507 e. The van der Waals surface area contributed by atoms with E-state index in [9.17, 15) is 20.4 Å². The maximum absolute atomic E-state index is 13.7.